The van der Waals surface area contributed by atoms with Crippen LogP contribution < -0.4 is 5.73 Å². The van der Waals surface area contributed by atoms with Gasteiger partial charge >= 0.3 is 0 Å². The Labute approximate surface area is 161 Å². The number of aliphatic imine (C=N–C) groups is 1. The SMILES string of the molecule is Nc1ccc(S(=O)(=O)c2cc(Br)cc(C3(CCCO)C=CC=N3)c2)cc1. The van der Waals surface area contributed by atoms with Gasteiger partial charge < -0.3 is 10.8 Å². The highest BCUT2D eigenvalue weighted by molar-refractivity contribution is 9.10. The van der Waals surface area contributed by atoms with E-state index in [2.05, 4.69) is 20.9 Å². The molecule has 5 nitrogen and oxygen atoms in total. The molecule has 7 heteroatoms. The van der Waals surface area contributed by atoms with Crippen molar-refractivity contribution in [1.29, 1.82) is 0 Å². The van der Waals surface area contributed by atoms with Crippen molar-refractivity contribution in [2.24, 2.45) is 4.99 Å². The zero-order valence-corrected chi connectivity index (χ0v) is 16.4. The lowest BCUT2D eigenvalue weighted by Crippen LogP contribution is -2.20. The first-order chi connectivity index (χ1) is 12.4. The van der Waals surface area contributed by atoms with E-state index >= 15 is 0 Å². The van der Waals surface area contributed by atoms with E-state index in [1.807, 2.05) is 18.2 Å². The molecule has 0 saturated carbocycles. The molecule has 2 aromatic carbocycles. The summed E-state index contributed by atoms with van der Waals surface area (Å²) in [4.78, 5) is 4.92. The van der Waals surface area contributed by atoms with Gasteiger partial charge in [-0.2, -0.15) is 0 Å². The van der Waals surface area contributed by atoms with Gasteiger partial charge in [-0.3, -0.25) is 4.99 Å². The smallest absolute Gasteiger partial charge is 0.206 e. The average molecular weight is 435 g/mol. The zero-order chi connectivity index (χ0) is 18.8. The van der Waals surface area contributed by atoms with Gasteiger partial charge in [0.25, 0.3) is 0 Å². The van der Waals surface area contributed by atoms with Crippen molar-refractivity contribution in [1.82, 2.24) is 0 Å². The Hall–Kier alpha value is -1.96. The molecule has 0 fully saturated rings. The van der Waals surface area contributed by atoms with Gasteiger partial charge in [-0.25, -0.2) is 8.42 Å². The second kappa shape index (κ2) is 7.34. The lowest BCUT2D eigenvalue weighted by Gasteiger charge is -2.25. The molecule has 136 valence electrons. The molecule has 3 N–H and O–H groups in total. The summed E-state index contributed by atoms with van der Waals surface area (Å²) < 4.78 is 26.7. The number of anilines is 1. The Morgan fingerprint density at radius 3 is 2.46 bits per heavy atom. The van der Waals surface area contributed by atoms with Crippen molar-refractivity contribution in [2.45, 2.75) is 28.2 Å². The van der Waals surface area contributed by atoms with Crippen LogP contribution in [0.3, 0.4) is 0 Å². The number of sulfone groups is 1. The molecule has 1 aliphatic heterocycles. The summed E-state index contributed by atoms with van der Waals surface area (Å²) in [6.45, 7) is 0.0513. The third-order valence-electron chi connectivity index (χ3n) is 4.35. The number of nitrogen functional groups attached to an aromatic ring is 1. The molecule has 0 radical (unpaired) electrons. The molecule has 1 heterocycles. The Morgan fingerprint density at radius 1 is 1.12 bits per heavy atom. The minimum absolute atomic E-state index is 0.0513. The number of nitrogens with two attached hydrogens (primary N) is 1. The number of rotatable bonds is 6. The van der Waals surface area contributed by atoms with Crippen LogP contribution in [0.5, 0.6) is 0 Å². The molecule has 0 bridgehead atoms. The summed E-state index contributed by atoms with van der Waals surface area (Å²) in [5.41, 5.74) is 6.27. The van der Waals surface area contributed by atoms with Gasteiger partial charge in [-0.05, 0) is 66.9 Å². The Bertz CT molecular complexity index is 955. The molecule has 1 atom stereocenters. The normalized spacial score (nSPS) is 19.2. The van der Waals surface area contributed by atoms with Crippen LogP contribution in [0.4, 0.5) is 5.69 Å². The number of hydrogen-bond donors (Lipinski definition) is 2. The highest BCUT2D eigenvalue weighted by atomic mass is 79.9. The first kappa shape index (κ1) is 18.8. The molecule has 1 aliphatic rings. The Kier molecular flexibility index (Phi) is 5.32. The van der Waals surface area contributed by atoms with E-state index < -0.39 is 15.4 Å². The summed E-state index contributed by atoms with van der Waals surface area (Å²) in [5, 5.41) is 9.21. The first-order valence-corrected chi connectivity index (χ1v) is 10.4. The Balaban J connectivity index is 2.09. The number of allylic oxidation sites excluding steroid dienone is 1. The summed E-state index contributed by atoms with van der Waals surface area (Å²) in [7, 11) is -3.69. The molecular weight excluding hydrogens is 416 g/mol. The minimum Gasteiger partial charge on any atom is -0.399 e. The number of hydrogen-bond acceptors (Lipinski definition) is 5. The third-order valence-corrected chi connectivity index (χ3v) is 6.56. The zero-order valence-electron chi connectivity index (χ0n) is 14.0. The maximum atomic E-state index is 13.0. The molecule has 26 heavy (non-hydrogen) atoms. The van der Waals surface area contributed by atoms with Gasteiger partial charge in [0.2, 0.25) is 9.84 Å². The third kappa shape index (κ3) is 3.60. The minimum atomic E-state index is -3.69. The van der Waals surface area contributed by atoms with Crippen molar-refractivity contribution in [3.05, 3.63) is 64.7 Å². The number of benzene rings is 2. The number of aliphatic hydroxyl groups is 1. The molecule has 1 unspecified atom stereocenters. The fourth-order valence-electron chi connectivity index (χ4n) is 2.98. The van der Waals surface area contributed by atoms with Crippen LogP contribution in [0.15, 0.2) is 73.9 Å². The van der Waals surface area contributed by atoms with Crippen molar-refractivity contribution in [3.8, 4) is 0 Å². The van der Waals surface area contributed by atoms with Gasteiger partial charge in [-0.15, -0.1) is 0 Å². The predicted octanol–water partition coefficient (Wildman–Crippen LogP) is 3.47. The van der Waals surface area contributed by atoms with E-state index in [1.165, 1.54) is 12.1 Å². The van der Waals surface area contributed by atoms with E-state index in [1.54, 1.807) is 30.5 Å². The van der Waals surface area contributed by atoms with Crippen LogP contribution in [0.1, 0.15) is 18.4 Å². The maximum Gasteiger partial charge on any atom is 0.206 e. The highest BCUT2D eigenvalue weighted by Crippen LogP contribution is 2.38. The van der Waals surface area contributed by atoms with Gasteiger partial charge in [0.1, 0.15) is 5.54 Å². The number of aliphatic hydroxyl groups excluding tert-OH is 1. The van der Waals surface area contributed by atoms with Crippen LogP contribution in [-0.4, -0.2) is 26.3 Å². The fourth-order valence-corrected chi connectivity index (χ4v) is 4.96. The van der Waals surface area contributed by atoms with Gasteiger partial charge in [0.05, 0.1) is 9.79 Å². The summed E-state index contributed by atoms with van der Waals surface area (Å²) >= 11 is 3.42. The molecule has 0 saturated heterocycles. The lowest BCUT2D eigenvalue weighted by atomic mass is 9.87. The van der Waals surface area contributed by atoms with Gasteiger partial charge in [0.15, 0.2) is 0 Å². The topological polar surface area (TPSA) is 92.8 Å². The summed E-state index contributed by atoms with van der Waals surface area (Å²) in [6, 6.07) is 11.2. The Morgan fingerprint density at radius 2 is 1.85 bits per heavy atom. The van der Waals surface area contributed by atoms with Crippen LogP contribution in [0, 0.1) is 0 Å². The number of halogens is 1. The molecule has 0 spiro atoms. The second-order valence-corrected chi connectivity index (χ2v) is 9.00. The van der Waals surface area contributed by atoms with Gasteiger partial charge in [-0.1, -0.05) is 22.0 Å². The molecule has 0 amide bonds. The largest absolute Gasteiger partial charge is 0.399 e. The van der Waals surface area contributed by atoms with Crippen molar-refractivity contribution in [3.63, 3.8) is 0 Å². The summed E-state index contributed by atoms with van der Waals surface area (Å²) in [6.07, 6.45) is 6.63. The van der Waals surface area contributed by atoms with Crippen molar-refractivity contribution in [2.75, 3.05) is 12.3 Å². The van der Waals surface area contributed by atoms with E-state index in [0.717, 1.165) is 5.56 Å². The standard InChI is InChI=1S/C19H19BrN2O3S/c20-15-11-14(19(8-2-10-23)7-1-9-22-19)12-18(13-15)26(24,25)17-5-3-16(21)4-6-17/h1,3-7,9,11-13,23H,2,8,10,21H2. The highest BCUT2D eigenvalue weighted by Gasteiger charge is 2.31. The van der Waals surface area contributed by atoms with E-state index in [4.69, 9.17) is 5.73 Å². The van der Waals surface area contributed by atoms with E-state index in [0.29, 0.717) is 23.0 Å². The lowest BCUT2D eigenvalue weighted by molar-refractivity contribution is 0.272. The van der Waals surface area contributed by atoms with Crippen LogP contribution in [0.25, 0.3) is 0 Å². The summed E-state index contributed by atoms with van der Waals surface area (Å²) in [5.74, 6) is 0. The first-order valence-electron chi connectivity index (χ1n) is 8.13. The molecule has 2 aromatic rings. The molecule has 3 rings (SSSR count). The quantitative estimate of drug-likeness (QED) is 0.680. The van der Waals surface area contributed by atoms with Crippen molar-refractivity contribution < 1.29 is 13.5 Å². The molecule has 0 aromatic heterocycles. The molecule has 0 aliphatic carbocycles. The van der Waals surface area contributed by atoms with Crippen LogP contribution in [0.2, 0.25) is 0 Å². The molecular formula is C19H19BrN2O3S. The van der Waals surface area contributed by atoms with Crippen molar-refractivity contribution >= 4 is 37.7 Å². The second-order valence-electron chi connectivity index (χ2n) is 6.14. The van der Waals surface area contributed by atoms with Crippen LogP contribution in [-0.2, 0) is 15.4 Å². The van der Waals surface area contributed by atoms with Gasteiger partial charge in [0, 0.05) is 23.0 Å². The fraction of sp³-hybridized carbons (Fsp3) is 0.211. The number of nitrogens with zero attached hydrogens (tertiary/aromatic N) is 1. The monoisotopic (exact) mass is 434 g/mol. The van der Waals surface area contributed by atoms with E-state index in [-0.39, 0.29) is 16.4 Å². The average Bonchev–Trinajstić information content (AvgIpc) is 3.10. The van der Waals surface area contributed by atoms with E-state index in [9.17, 15) is 13.5 Å². The van der Waals surface area contributed by atoms with Crippen LogP contribution >= 0.6 is 15.9 Å². The predicted molar refractivity (Wildman–Crippen MR) is 106 cm³/mol. The maximum absolute atomic E-state index is 13.0.